The molecule has 2 heterocycles. The fraction of sp³-hybridized carbons (Fsp3) is 0.333. The summed E-state index contributed by atoms with van der Waals surface area (Å²) < 4.78 is 0. The normalized spacial score (nSPS) is 18.0. The lowest BCUT2D eigenvalue weighted by molar-refractivity contribution is -0.122. The summed E-state index contributed by atoms with van der Waals surface area (Å²) in [5.41, 5.74) is 7.36. The van der Waals surface area contributed by atoms with Crippen LogP contribution in [0, 0.1) is 5.92 Å². The molecule has 6 rings (SSSR count). The van der Waals surface area contributed by atoms with Crippen LogP contribution in [0.5, 0.6) is 0 Å². The van der Waals surface area contributed by atoms with E-state index in [9.17, 15) is 9.59 Å². The standard InChI is InChI=1S/C33H36N6O2/c1-33(2,3)37-32(41)38-17-14-27-26(23-10-7-11-25(18-23)39-35-15-16-36-39)13-12-24(30(27)21-38)20-34-31(40)29-19-28(29)22-8-5-4-6-9-22/h4-13,15-16,18,28-29H,14,17,19-21H2,1-3H3,(H,34,40)(H,37,41)/t28-,29+/m1/s1. The number of urea groups is 1. The maximum Gasteiger partial charge on any atom is 0.318 e. The minimum Gasteiger partial charge on any atom is -0.352 e. The van der Waals surface area contributed by atoms with Gasteiger partial charge in [0.1, 0.15) is 0 Å². The van der Waals surface area contributed by atoms with Gasteiger partial charge in [0.2, 0.25) is 5.91 Å². The number of nitrogens with one attached hydrogen (secondary N) is 2. The highest BCUT2D eigenvalue weighted by Gasteiger charge is 2.43. The van der Waals surface area contributed by atoms with Gasteiger partial charge in [-0.2, -0.15) is 15.0 Å². The first kappa shape index (κ1) is 26.7. The Kier molecular flexibility index (Phi) is 7.07. The molecule has 1 saturated carbocycles. The fourth-order valence-corrected chi connectivity index (χ4v) is 5.76. The fourth-order valence-electron chi connectivity index (χ4n) is 5.76. The monoisotopic (exact) mass is 548 g/mol. The van der Waals surface area contributed by atoms with E-state index in [-0.39, 0.29) is 23.4 Å². The zero-order valence-corrected chi connectivity index (χ0v) is 23.8. The highest BCUT2D eigenvalue weighted by molar-refractivity contribution is 5.83. The second kappa shape index (κ2) is 10.8. The first-order valence-electron chi connectivity index (χ1n) is 14.3. The largest absolute Gasteiger partial charge is 0.352 e. The van der Waals surface area contributed by atoms with Gasteiger partial charge >= 0.3 is 6.03 Å². The van der Waals surface area contributed by atoms with Crippen molar-refractivity contribution in [1.82, 2.24) is 30.5 Å². The summed E-state index contributed by atoms with van der Waals surface area (Å²) in [6.45, 7) is 7.52. The average Bonchev–Trinajstić information content (AvgIpc) is 3.59. The van der Waals surface area contributed by atoms with Crippen molar-refractivity contribution in [3.05, 3.63) is 101 Å². The molecule has 2 atom stereocenters. The van der Waals surface area contributed by atoms with E-state index in [1.54, 1.807) is 17.2 Å². The van der Waals surface area contributed by atoms with Crippen LogP contribution < -0.4 is 10.6 Å². The lowest BCUT2D eigenvalue weighted by Gasteiger charge is -2.34. The molecule has 2 N–H and O–H groups in total. The van der Waals surface area contributed by atoms with Gasteiger partial charge in [0.25, 0.3) is 0 Å². The van der Waals surface area contributed by atoms with Gasteiger partial charge in [-0.1, -0.05) is 54.6 Å². The Bertz CT molecular complexity index is 1560. The number of nitrogens with zero attached hydrogens (tertiary/aromatic N) is 4. The van der Waals surface area contributed by atoms with Crippen LogP contribution in [0.3, 0.4) is 0 Å². The number of benzene rings is 3. The van der Waals surface area contributed by atoms with E-state index >= 15 is 0 Å². The number of hydrogen-bond donors (Lipinski definition) is 2. The van der Waals surface area contributed by atoms with Crippen LogP contribution in [0.4, 0.5) is 4.79 Å². The molecule has 0 bridgehead atoms. The smallest absolute Gasteiger partial charge is 0.318 e. The Hall–Kier alpha value is -4.46. The molecule has 210 valence electrons. The molecular weight excluding hydrogens is 512 g/mol. The third kappa shape index (κ3) is 5.87. The van der Waals surface area contributed by atoms with E-state index in [0.29, 0.717) is 25.6 Å². The van der Waals surface area contributed by atoms with E-state index in [1.807, 2.05) is 56.0 Å². The molecule has 3 aromatic carbocycles. The number of rotatable bonds is 6. The van der Waals surface area contributed by atoms with E-state index in [1.165, 1.54) is 11.1 Å². The van der Waals surface area contributed by atoms with E-state index < -0.39 is 0 Å². The number of carbonyl (C=O) groups is 2. The Morgan fingerprint density at radius 3 is 2.49 bits per heavy atom. The number of fused-ring (bicyclic) bond motifs is 1. The van der Waals surface area contributed by atoms with E-state index in [2.05, 4.69) is 57.2 Å². The van der Waals surface area contributed by atoms with Crippen LogP contribution in [0.25, 0.3) is 16.8 Å². The maximum absolute atomic E-state index is 13.1. The third-order valence-electron chi connectivity index (χ3n) is 7.89. The van der Waals surface area contributed by atoms with Gasteiger partial charge in [-0.25, -0.2) is 4.79 Å². The predicted molar refractivity (Wildman–Crippen MR) is 158 cm³/mol. The van der Waals surface area contributed by atoms with Crippen molar-refractivity contribution < 1.29 is 9.59 Å². The molecule has 3 amide bonds. The molecular formula is C33H36N6O2. The van der Waals surface area contributed by atoms with Crippen molar-refractivity contribution in [2.24, 2.45) is 5.92 Å². The Morgan fingerprint density at radius 2 is 1.73 bits per heavy atom. The first-order valence-corrected chi connectivity index (χ1v) is 14.3. The molecule has 0 unspecified atom stereocenters. The number of hydrogen-bond acceptors (Lipinski definition) is 4. The van der Waals surface area contributed by atoms with Gasteiger partial charge in [0.15, 0.2) is 0 Å². The minimum atomic E-state index is -0.323. The molecule has 1 aliphatic carbocycles. The van der Waals surface area contributed by atoms with Gasteiger partial charge in [-0.3, -0.25) is 4.79 Å². The zero-order valence-electron chi connectivity index (χ0n) is 23.8. The lowest BCUT2D eigenvalue weighted by Crippen LogP contribution is -2.50. The van der Waals surface area contributed by atoms with Crippen LogP contribution in [-0.4, -0.2) is 43.9 Å². The highest BCUT2D eigenvalue weighted by atomic mass is 16.2. The Balaban J connectivity index is 1.27. The maximum atomic E-state index is 13.1. The quantitative estimate of drug-likeness (QED) is 0.346. The molecule has 8 heteroatoms. The molecule has 2 aliphatic rings. The van der Waals surface area contributed by atoms with Gasteiger partial charge in [-0.05, 0) is 85.0 Å². The van der Waals surface area contributed by atoms with Crippen LogP contribution in [0.15, 0.2) is 79.1 Å². The number of aromatic nitrogens is 3. The third-order valence-corrected chi connectivity index (χ3v) is 7.89. The molecule has 41 heavy (non-hydrogen) atoms. The van der Waals surface area contributed by atoms with E-state index in [4.69, 9.17) is 0 Å². The lowest BCUT2D eigenvalue weighted by atomic mass is 9.87. The summed E-state index contributed by atoms with van der Waals surface area (Å²) in [5.74, 6) is 0.398. The van der Waals surface area contributed by atoms with Crippen molar-refractivity contribution in [3.63, 3.8) is 0 Å². The van der Waals surface area contributed by atoms with Crippen LogP contribution in [0.2, 0.25) is 0 Å². The molecule has 1 aliphatic heterocycles. The van der Waals surface area contributed by atoms with Crippen LogP contribution in [0.1, 0.15) is 55.4 Å². The van der Waals surface area contributed by atoms with Gasteiger partial charge in [0.05, 0.1) is 18.1 Å². The predicted octanol–water partition coefficient (Wildman–Crippen LogP) is 5.22. The summed E-state index contributed by atoms with van der Waals surface area (Å²) in [4.78, 5) is 29.7. The molecule has 8 nitrogen and oxygen atoms in total. The van der Waals surface area contributed by atoms with Crippen molar-refractivity contribution >= 4 is 11.9 Å². The number of amides is 3. The summed E-state index contributed by atoms with van der Waals surface area (Å²) in [6.07, 6.45) is 4.94. The summed E-state index contributed by atoms with van der Waals surface area (Å²) >= 11 is 0. The van der Waals surface area contributed by atoms with Gasteiger partial charge in [-0.15, -0.1) is 0 Å². The van der Waals surface area contributed by atoms with Crippen molar-refractivity contribution in [2.75, 3.05) is 6.54 Å². The molecule has 0 spiro atoms. The Morgan fingerprint density at radius 1 is 0.951 bits per heavy atom. The Labute approximate surface area is 240 Å². The second-order valence-electron chi connectivity index (χ2n) is 12.0. The zero-order chi connectivity index (χ0) is 28.6. The van der Waals surface area contributed by atoms with E-state index in [0.717, 1.165) is 40.8 Å². The summed E-state index contributed by atoms with van der Waals surface area (Å²) in [5, 5.41) is 14.9. The first-order chi connectivity index (χ1) is 19.8. The molecule has 0 radical (unpaired) electrons. The van der Waals surface area contributed by atoms with Crippen molar-refractivity contribution in [1.29, 1.82) is 0 Å². The van der Waals surface area contributed by atoms with Crippen LogP contribution >= 0.6 is 0 Å². The molecule has 4 aromatic rings. The SMILES string of the molecule is CC(C)(C)NC(=O)N1CCc2c(-c3cccc(-n4nccn4)c3)ccc(CNC(=O)[C@H]3C[C@@H]3c3ccccc3)c2C1. The summed E-state index contributed by atoms with van der Waals surface area (Å²) in [6, 6.07) is 22.6. The van der Waals surface area contributed by atoms with Crippen molar-refractivity contribution in [3.8, 4) is 16.8 Å². The minimum absolute atomic E-state index is 0.0141. The van der Waals surface area contributed by atoms with Gasteiger partial charge < -0.3 is 15.5 Å². The topological polar surface area (TPSA) is 92.2 Å². The van der Waals surface area contributed by atoms with Crippen molar-refractivity contribution in [2.45, 2.75) is 58.2 Å². The summed E-state index contributed by atoms with van der Waals surface area (Å²) in [7, 11) is 0. The molecule has 0 saturated heterocycles. The second-order valence-corrected chi connectivity index (χ2v) is 12.0. The van der Waals surface area contributed by atoms with Crippen LogP contribution in [-0.2, 0) is 24.3 Å². The highest BCUT2D eigenvalue weighted by Crippen LogP contribution is 2.47. The van der Waals surface area contributed by atoms with Gasteiger partial charge in [0, 0.05) is 31.1 Å². The number of carbonyl (C=O) groups excluding carboxylic acids is 2. The average molecular weight is 549 g/mol. The molecule has 1 aromatic heterocycles. The molecule has 1 fully saturated rings.